The van der Waals surface area contributed by atoms with E-state index < -0.39 is 28.5 Å². The Labute approximate surface area is 252 Å². The summed E-state index contributed by atoms with van der Waals surface area (Å²) < 4.78 is 34.0. The van der Waals surface area contributed by atoms with Gasteiger partial charge in [0, 0.05) is 28.7 Å². The molecule has 0 bridgehead atoms. The number of anilines is 1. The lowest BCUT2D eigenvalue weighted by Crippen LogP contribution is -2.52. The average Bonchev–Trinajstić information content (AvgIpc) is 2.96. The average molecular weight is 621 g/mol. The second kappa shape index (κ2) is 14.6. The molecule has 8 nitrogen and oxygen atoms in total. The number of benzene rings is 3. The van der Waals surface area contributed by atoms with Crippen LogP contribution < -0.4 is 14.4 Å². The van der Waals surface area contributed by atoms with Crippen LogP contribution in [-0.4, -0.2) is 51.4 Å². The first-order valence-corrected chi connectivity index (χ1v) is 15.4. The Kier molecular flexibility index (Phi) is 11.5. The minimum Gasteiger partial charge on any atom is -0.497 e. The van der Waals surface area contributed by atoms with Gasteiger partial charge in [0.25, 0.3) is 10.0 Å². The molecule has 2 amide bonds. The van der Waals surface area contributed by atoms with Crippen LogP contribution in [0.3, 0.4) is 0 Å². The van der Waals surface area contributed by atoms with Crippen molar-refractivity contribution in [1.29, 1.82) is 0 Å². The second-order valence-corrected chi connectivity index (χ2v) is 12.5. The van der Waals surface area contributed by atoms with Gasteiger partial charge < -0.3 is 15.0 Å². The lowest BCUT2D eigenvalue weighted by atomic mass is 10.1. The standard InChI is InChI=1S/C30H35Cl2N3O5S/c1-5-28(30(37)33-18-21(2)3)34(19-25-26(31)12-9-13-27(25)32)29(36)20-35(22-10-7-6-8-11-22)41(38,39)24-16-14-23(40-4)15-17-24/h6-17,21,28H,5,18-20H2,1-4H3,(H,33,37)/t28-/m0/s1. The van der Waals surface area contributed by atoms with Crippen LogP contribution in [-0.2, 0) is 26.2 Å². The zero-order chi connectivity index (χ0) is 30.2. The number of carbonyl (C=O) groups is 2. The molecule has 0 heterocycles. The molecule has 0 fully saturated rings. The van der Waals surface area contributed by atoms with Crippen LogP contribution in [0.1, 0.15) is 32.8 Å². The van der Waals surface area contributed by atoms with Gasteiger partial charge in [-0.1, -0.05) is 68.2 Å². The lowest BCUT2D eigenvalue weighted by Gasteiger charge is -2.33. The molecule has 41 heavy (non-hydrogen) atoms. The van der Waals surface area contributed by atoms with Crippen molar-refractivity contribution in [2.24, 2.45) is 5.92 Å². The van der Waals surface area contributed by atoms with Crippen molar-refractivity contribution in [2.75, 3.05) is 24.5 Å². The summed E-state index contributed by atoms with van der Waals surface area (Å²) in [4.78, 5) is 28.7. The molecule has 0 saturated heterocycles. The second-order valence-electron chi connectivity index (χ2n) is 9.81. The molecule has 3 aromatic carbocycles. The fourth-order valence-corrected chi connectivity index (χ4v) is 6.12. The van der Waals surface area contributed by atoms with Gasteiger partial charge in [0.05, 0.1) is 17.7 Å². The summed E-state index contributed by atoms with van der Waals surface area (Å²) in [5.41, 5.74) is 0.758. The van der Waals surface area contributed by atoms with Crippen LogP contribution in [0.5, 0.6) is 5.75 Å². The van der Waals surface area contributed by atoms with Crippen molar-refractivity contribution in [1.82, 2.24) is 10.2 Å². The van der Waals surface area contributed by atoms with Gasteiger partial charge in [-0.3, -0.25) is 13.9 Å². The Balaban J connectivity index is 2.06. The van der Waals surface area contributed by atoms with E-state index in [4.69, 9.17) is 27.9 Å². The lowest BCUT2D eigenvalue weighted by molar-refractivity contribution is -0.140. The summed E-state index contributed by atoms with van der Waals surface area (Å²) in [6.45, 7) is 5.50. The number of para-hydroxylation sites is 1. The number of ether oxygens (including phenoxy) is 1. The summed E-state index contributed by atoms with van der Waals surface area (Å²) in [5, 5.41) is 3.56. The highest BCUT2D eigenvalue weighted by Gasteiger charge is 2.34. The summed E-state index contributed by atoms with van der Waals surface area (Å²) in [5.74, 6) is -0.246. The molecule has 0 aliphatic carbocycles. The van der Waals surface area contributed by atoms with Gasteiger partial charge >= 0.3 is 0 Å². The molecule has 0 radical (unpaired) electrons. The van der Waals surface area contributed by atoms with E-state index in [2.05, 4.69) is 5.32 Å². The predicted molar refractivity (Wildman–Crippen MR) is 163 cm³/mol. The van der Waals surface area contributed by atoms with Gasteiger partial charge in [0.2, 0.25) is 11.8 Å². The normalized spacial score (nSPS) is 12.1. The highest BCUT2D eigenvalue weighted by molar-refractivity contribution is 7.92. The van der Waals surface area contributed by atoms with Crippen molar-refractivity contribution >= 4 is 50.7 Å². The summed E-state index contributed by atoms with van der Waals surface area (Å²) in [6, 6.07) is 18.3. The van der Waals surface area contributed by atoms with Gasteiger partial charge in [0.15, 0.2) is 0 Å². The van der Waals surface area contributed by atoms with E-state index in [9.17, 15) is 18.0 Å². The zero-order valence-corrected chi connectivity index (χ0v) is 25.8. The van der Waals surface area contributed by atoms with Crippen molar-refractivity contribution in [3.8, 4) is 5.75 Å². The molecule has 0 aliphatic heterocycles. The smallest absolute Gasteiger partial charge is 0.264 e. The molecule has 3 rings (SSSR count). The molecular weight excluding hydrogens is 585 g/mol. The Morgan fingerprint density at radius 1 is 0.927 bits per heavy atom. The predicted octanol–water partition coefficient (Wildman–Crippen LogP) is 5.78. The van der Waals surface area contributed by atoms with E-state index in [1.54, 1.807) is 55.5 Å². The molecule has 1 N–H and O–H groups in total. The fourth-order valence-electron chi connectivity index (χ4n) is 4.19. The van der Waals surface area contributed by atoms with Gasteiger partial charge in [-0.25, -0.2) is 8.42 Å². The maximum atomic E-state index is 14.1. The summed E-state index contributed by atoms with van der Waals surface area (Å²) >= 11 is 12.9. The molecular formula is C30H35Cl2N3O5S. The third-order valence-electron chi connectivity index (χ3n) is 6.43. The first-order valence-electron chi connectivity index (χ1n) is 13.2. The number of carbonyl (C=O) groups excluding carboxylic acids is 2. The Morgan fingerprint density at radius 2 is 1.54 bits per heavy atom. The molecule has 0 aliphatic rings. The molecule has 11 heteroatoms. The highest BCUT2D eigenvalue weighted by atomic mass is 35.5. The van der Waals surface area contributed by atoms with Crippen LogP contribution in [0.25, 0.3) is 0 Å². The maximum absolute atomic E-state index is 14.1. The van der Waals surface area contributed by atoms with Crippen molar-refractivity contribution in [3.05, 3.63) is 88.4 Å². The summed E-state index contributed by atoms with van der Waals surface area (Å²) in [6.07, 6.45) is 0.286. The SMILES string of the molecule is CC[C@@H](C(=O)NCC(C)C)N(Cc1c(Cl)cccc1Cl)C(=O)CN(c1ccccc1)S(=O)(=O)c1ccc(OC)cc1. The number of nitrogens with zero attached hydrogens (tertiary/aromatic N) is 2. The monoisotopic (exact) mass is 619 g/mol. The number of rotatable bonds is 13. The van der Waals surface area contributed by atoms with Crippen molar-refractivity contribution in [3.63, 3.8) is 0 Å². The first-order chi connectivity index (χ1) is 19.5. The maximum Gasteiger partial charge on any atom is 0.264 e. The minimum atomic E-state index is -4.19. The molecule has 0 spiro atoms. The molecule has 3 aromatic rings. The number of halogens is 2. The number of nitrogens with one attached hydrogen (secondary N) is 1. The molecule has 1 atom stereocenters. The number of methoxy groups -OCH3 is 1. The largest absolute Gasteiger partial charge is 0.497 e. The van der Waals surface area contributed by atoms with Crippen molar-refractivity contribution in [2.45, 2.75) is 44.7 Å². The number of amides is 2. The highest BCUT2D eigenvalue weighted by Crippen LogP contribution is 2.29. The molecule has 220 valence electrons. The number of hydrogen-bond acceptors (Lipinski definition) is 5. The fraction of sp³-hybridized carbons (Fsp3) is 0.333. The van der Waals surface area contributed by atoms with Crippen LogP contribution in [0.15, 0.2) is 77.7 Å². The Hall–Kier alpha value is -3.27. The third kappa shape index (κ3) is 8.15. The Morgan fingerprint density at radius 3 is 2.07 bits per heavy atom. The topological polar surface area (TPSA) is 96.0 Å². The van der Waals surface area contributed by atoms with E-state index >= 15 is 0 Å². The molecule has 0 unspecified atom stereocenters. The van der Waals surface area contributed by atoms with Gasteiger partial charge in [-0.05, 0) is 60.9 Å². The van der Waals surface area contributed by atoms with Crippen molar-refractivity contribution < 1.29 is 22.7 Å². The van der Waals surface area contributed by atoms with E-state index in [1.807, 2.05) is 13.8 Å². The van der Waals surface area contributed by atoms with Gasteiger partial charge in [-0.15, -0.1) is 0 Å². The number of hydrogen-bond donors (Lipinski definition) is 1. The quantitative estimate of drug-likeness (QED) is 0.262. The minimum absolute atomic E-state index is 0.0163. The van der Waals surface area contributed by atoms with Crippen LogP contribution >= 0.6 is 23.2 Å². The van der Waals surface area contributed by atoms with Crippen LogP contribution in [0, 0.1) is 5.92 Å². The third-order valence-corrected chi connectivity index (χ3v) is 8.93. The van der Waals surface area contributed by atoms with E-state index in [0.29, 0.717) is 33.6 Å². The van der Waals surface area contributed by atoms with Crippen LogP contribution in [0.2, 0.25) is 10.0 Å². The molecule has 0 aromatic heterocycles. The molecule has 0 saturated carbocycles. The zero-order valence-electron chi connectivity index (χ0n) is 23.5. The Bertz CT molecular complexity index is 1410. The van der Waals surface area contributed by atoms with E-state index in [1.165, 1.54) is 36.3 Å². The first kappa shape index (κ1) is 32.2. The van der Waals surface area contributed by atoms with E-state index in [0.717, 1.165) is 4.31 Å². The van der Waals surface area contributed by atoms with E-state index in [-0.39, 0.29) is 29.7 Å². The summed E-state index contributed by atoms with van der Waals surface area (Å²) in [7, 11) is -2.71. The number of sulfonamides is 1. The van der Waals surface area contributed by atoms with Crippen LogP contribution in [0.4, 0.5) is 5.69 Å². The van der Waals surface area contributed by atoms with Gasteiger partial charge in [0.1, 0.15) is 18.3 Å². The van der Waals surface area contributed by atoms with Gasteiger partial charge in [-0.2, -0.15) is 0 Å².